The maximum absolute atomic E-state index is 11.4. The maximum atomic E-state index is 11.4. The molecule has 0 aliphatic carbocycles. The summed E-state index contributed by atoms with van der Waals surface area (Å²) in [5.41, 5.74) is 6.08. The lowest BCUT2D eigenvalue weighted by Gasteiger charge is -2.03. The molecule has 0 fully saturated rings. The van der Waals surface area contributed by atoms with Gasteiger partial charge in [0.05, 0.1) is 0 Å². The molecule has 70 valence electrons. The Hall–Kier alpha value is -1.35. The van der Waals surface area contributed by atoms with Crippen LogP contribution in [0.15, 0.2) is 24.3 Å². The molecule has 1 unspecified atom stereocenters. The third-order valence-corrected chi connectivity index (χ3v) is 1.70. The van der Waals surface area contributed by atoms with Crippen molar-refractivity contribution >= 4 is 5.78 Å². The molecule has 1 rings (SSSR count). The average Bonchev–Trinajstić information content (AvgIpc) is 2.04. The molecule has 0 amide bonds. The van der Waals surface area contributed by atoms with Crippen molar-refractivity contribution in [1.82, 2.24) is 0 Å². The highest BCUT2D eigenvalue weighted by atomic mass is 16.3. The quantitative estimate of drug-likeness (QED) is 0.688. The van der Waals surface area contributed by atoms with E-state index in [0.29, 0.717) is 12.0 Å². The summed E-state index contributed by atoms with van der Waals surface area (Å²) in [6.07, 6.45) is 0.338. The van der Waals surface area contributed by atoms with Crippen LogP contribution in [0.25, 0.3) is 0 Å². The van der Waals surface area contributed by atoms with Crippen molar-refractivity contribution in [2.75, 3.05) is 0 Å². The Kier molecular flexibility index (Phi) is 3.03. The summed E-state index contributed by atoms with van der Waals surface area (Å²) in [5.74, 6) is 0.173. The second-order valence-electron chi connectivity index (χ2n) is 3.15. The number of carbonyl (C=O) groups excluding carboxylic acids is 1. The molecular formula is C10H13NO2. The molecule has 0 saturated heterocycles. The molecule has 1 atom stereocenters. The topological polar surface area (TPSA) is 63.3 Å². The van der Waals surface area contributed by atoms with Crippen LogP contribution in [0.3, 0.4) is 0 Å². The van der Waals surface area contributed by atoms with E-state index in [4.69, 9.17) is 10.8 Å². The average molecular weight is 179 g/mol. The van der Waals surface area contributed by atoms with Gasteiger partial charge in [-0.1, -0.05) is 0 Å². The summed E-state index contributed by atoms with van der Waals surface area (Å²) in [4.78, 5) is 11.4. The van der Waals surface area contributed by atoms with Gasteiger partial charge in [-0.2, -0.15) is 0 Å². The molecule has 0 heterocycles. The van der Waals surface area contributed by atoms with Gasteiger partial charge >= 0.3 is 0 Å². The molecule has 0 aliphatic rings. The lowest BCUT2D eigenvalue weighted by atomic mass is 10.1. The summed E-state index contributed by atoms with van der Waals surface area (Å²) in [7, 11) is 0. The molecule has 3 N–H and O–H groups in total. The van der Waals surface area contributed by atoms with Gasteiger partial charge in [0.2, 0.25) is 0 Å². The highest BCUT2D eigenvalue weighted by Gasteiger charge is 2.07. The van der Waals surface area contributed by atoms with Gasteiger partial charge in [-0.25, -0.2) is 0 Å². The number of carbonyl (C=O) groups is 1. The number of phenols is 1. The van der Waals surface area contributed by atoms with Crippen LogP contribution in [0.1, 0.15) is 23.7 Å². The third kappa shape index (κ3) is 2.87. The fraction of sp³-hybridized carbons (Fsp3) is 0.300. The minimum Gasteiger partial charge on any atom is -0.508 e. The standard InChI is InChI=1S/C10H13NO2/c1-7(11)6-10(13)8-2-4-9(12)5-3-8/h2-5,7,12H,6,11H2,1H3. The Balaban J connectivity index is 2.72. The Morgan fingerprint density at radius 2 is 2.00 bits per heavy atom. The molecule has 0 saturated carbocycles. The van der Waals surface area contributed by atoms with Gasteiger partial charge in [-0.3, -0.25) is 4.79 Å². The van der Waals surface area contributed by atoms with E-state index < -0.39 is 0 Å². The minimum atomic E-state index is -0.124. The lowest BCUT2D eigenvalue weighted by Crippen LogP contribution is -2.19. The number of aromatic hydroxyl groups is 1. The molecule has 13 heavy (non-hydrogen) atoms. The number of hydrogen-bond donors (Lipinski definition) is 2. The van der Waals surface area contributed by atoms with Crippen LogP contribution < -0.4 is 5.73 Å². The van der Waals surface area contributed by atoms with Crippen LogP contribution in [-0.4, -0.2) is 16.9 Å². The van der Waals surface area contributed by atoms with Crippen molar-refractivity contribution in [3.63, 3.8) is 0 Å². The summed E-state index contributed by atoms with van der Waals surface area (Å²) in [6.45, 7) is 1.79. The smallest absolute Gasteiger partial charge is 0.164 e. The Morgan fingerprint density at radius 1 is 1.46 bits per heavy atom. The first-order valence-corrected chi connectivity index (χ1v) is 4.17. The number of nitrogens with two attached hydrogens (primary N) is 1. The van der Waals surface area contributed by atoms with Crippen molar-refractivity contribution in [2.45, 2.75) is 19.4 Å². The zero-order chi connectivity index (χ0) is 9.84. The molecule has 0 aliphatic heterocycles. The SMILES string of the molecule is CC(N)CC(=O)c1ccc(O)cc1. The van der Waals surface area contributed by atoms with Crippen LogP contribution in [0.4, 0.5) is 0 Å². The predicted molar refractivity (Wildman–Crippen MR) is 50.7 cm³/mol. The van der Waals surface area contributed by atoms with Crippen molar-refractivity contribution in [3.8, 4) is 5.75 Å². The zero-order valence-electron chi connectivity index (χ0n) is 7.53. The summed E-state index contributed by atoms with van der Waals surface area (Å²) < 4.78 is 0. The first kappa shape index (κ1) is 9.74. The summed E-state index contributed by atoms with van der Waals surface area (Å²) in [5, 5.41) is 8.98. The van der Waals surface area contributed by atoms with E-state index in [1.807, 2.05) is 0 Å². The van der Waals surface area contributed by atoms with Gasteiger partial charge in [0.1, 0.15) is 5.75 Å². The highest BCUT2D eigenvalue weighted by molar-refractivity contribution is 5.96. The third-order valence-electron chi connectivity index (χ3n) is 1.70. The van der Waals surface area contributed by atoms with E-state index >= 15 is 0 Å². The van der Waals surface area contributed by atoms with Gasteiger partial charge in [-0.05, 0) is 31.2 Å². The van der Waals surface area contributed by atoms with Crippen LogP contribution in [-0.2, 0) is 0 Å². The van der Waals surface area contributed by atoms with Crippen LogP contribution in [0, 0.1) is 0 Å². The number of phenolic OH excluding ortho intramolecular Hbond substituents is 1. The van der Waals surface area contributed by atoms with Crippen LogP contribution in [0.2, 0.25) is 0 Å². The van der Waals surface area contributed by atoms with Gasteiger partial charge < -0.3 is 10.8 Å². The Morgan fingerprint density at radius 3 is 2.46 bits per heavy atom. The first-order chi connectivity index (χ1) is 6.09. The Bertz CT molecular complexity index is 290. The molecule has 1 aromatic rings. The number of ketones is 1. The van der Waals surface area contributed by atoms with Crippen LogP contribution >= 0.6 is 0 Å². The second-order valence-corrected chi connectivity index (χ2v) is 3.15. The van der Waals surface area contributed by atoms with Gasteiger partial charge in [0, 0.05) is 18.0 Å². The molecule has 0 spiro atoms. The van der Waals surface area contributed by atoms with E-state index in [1.54, 1.807) is 19.1 Å². The normalized spacial score (nSPS) is 12.5. The molecule has 3 heteroatoms. The maximum Gasteiger partial charge on any atom is 0.164 e. The number of hydrogen-bond acceptors (Lipinski definition) is 3. The molecular weight excluding hydrogens is 166 g/mol. The lowest BCUT2D eigenvalue weighted by molar-refractivity contribution is 0.0976. The molecule has 0 bridgehead atoms. The number of benzene rings is 1. The molecule has 0 aromatic heterocycles. The fourth-order valence-corrected chi connectivity index (χ4v) is 1.06. The van der Waals surface area contributed by atoms with Crippen LogP contribution in [0.5, 0.6) is 5.75 Å². The molecule has 3 nitrogen and oxygen atoms in total. The Labute approximate surface area is 77.2 Å². The van der Waals surface area contributed by atoms with E-state index in [9.17, 15) is 4.79 Å². The number of rotatable bonds is 3. The second kappa shape index (κ2) is 4.05. The zero-order valence-corrected chi connectivity index (χ0v) is 7.53. The van der Waals surface area contributed by atoms with Gasteiger partial charge in [-0.15, -0.1) is 0 Å². The first-order valence-electron chi connectivity index (χ1n) is 4.17. The fourth-order valence-electron chi connectivity index (χ4n) is 1.06. The highest BCUT2D eigenvalue weighted by Crippen LogP contribution is 2.11. The van der Waals surface area contributed by atoms with E-state index in [1.165, 1.54) is 12.1 Å². The monoisotopic (exact) mass is 179 g/mol. The summed E-state index contributed by atoms with van der Waals surface area (Å²) >= 11 is 0. The summed E-state index contributed by atoms with van der Waals surface area (Å²) in [6, 6.07) is 6.06. The van der Waals surface area contributed by atoms with E-state index in [2.05, 4.69) is 0 Å². The number of Topliss-reactive ketones (excluding diaryl/α,β-unsaturated/α-hetero) is 1. The van der Waals surface area contributed by atoms with Crippen molar-refractivity contribution < 1.29 is 9.90 Å². The van der Waals surface area contributed by atoms with Crippen molar-refractivity contribution in [1.29, 1.82) is 0 Å². The predicted octanol–water partition coefficient (Wildman–Crippen LogP) is 1.31. The molecule has 0 radical (unpaired) electrons. The van der Waals surface area contributed by atoms with Crippen molar-refractivity contribution in [2.24, 2.45) is 5.73 Å². The largest absolute Gasteiger partial charge is 0.508 e. The van der Waals surface area contributed by atoms with Crippen molar-refractivity contribution in [3.05, 3.63) is 29.8 Å². The minimum absolute atomic E-state index is 0.00926. The van der Waals surface area contributed by atoms with Gasteiger partial charge in [0.15, 0.2) is 5.78 Å². The van der Waals surface area contributed by atoms with Gasteiger partial charge in [0.25, 0.3) is 0 Å². The van der Waals surface area contributed by atoms with E-state index in [0.717, 1.165) is 0 Å². The van der Waals surface area contributed by atoms with E-state index in [-0.39, 0.29) is 17.6 Å². The molecule has 1 aromatic carbocycles.